The first-order valence-corrected chi connectivity index (χ1v) is 7.23. The van der Waals surface area contributed by atoms with Crippen molar-refractivity contribution in [2.75, 3.05) is 53.4 Å². The van der Waals surface area contributed by atoms with Crippen LogP contribution in [0.15, 0.2) is 0 Å². The van der Waals surface area contributed by atoms with Gasteiger partial charge >= 0.3 is 0 Å². The van der Waals surface area contributed by atoms with Crippen molar-refractivity contribution in [3.63, 3.8) is 0 Å². The largest absolute Gasteiger partial charge is 0.316 e. The van der Waals surface area contributed by atoms with Crippen LogP contribution in [0, 0.1) is 17.8 Å². The van der Waals surface area contributed by atoms with Crippen molar-refractivity contribution in [2.24, 2.45) is 17.8 Å². The normalized spacial score (nSPS) is 32.5. The van der Waals surface area contributed by atoms with Crippen molar-refractivity contribution >= 4 is 0 Å². The molecule has 2 saturated heterocycles. The van der Waals surface area contributed by atoms with E-state index in [2.05, 4.69) is 36.1 Å². The minimum Gasteiger partial charge on any atom is -0.316 e. The molecule has 0 aromatic heterocycles. The van der Waals surface area contributed by atoms with Crippen LogP contribution in [-0.4, -0.2) is 63.2 Å². The first kappa shape index (κ1) is 13.3. The Labute approximate surface area is 107 Å². The van der Waals surface area contributed by atoms with Crippen LogP contribution in [-0.2, 0) is 0 Å². The van der Waals surface area contributed by atoms with E-state index in [1.165, 1.54) is 52.1 Å². The Bertz CT molecular complexity index is 224. The van der Waals surface area contributed by atoms with Crippen LogP contribution in [0.5, 0.6) is 0 Å². The van der Waals surface area contributed by atoms with E-state index >= 15 is 0 Å². The predicted octanol–water partition coefficient (Wildman–Crippen LogP) is 1.12. The lowest BCUT2D eigenvalue weighted by Crippen LogP contribution is -2.38. The molecule has 2 aliphatic heterocycles. The topological polar surface area (TPSA) is 18.5 Å². The fourth-order valence-electron chi connectivity index (χ4n) is 3.27. The second kappa shape index (κ2) is 6.17. The third kappa shape index (κ3) is 3.94. The third-order valence-corrected chi connectivity index (χ3v) is 4.63. The second-order valence-corrected chi connectivity index (χ2v) is 6.36. The van der Waals surface area contributed by atoms with Gasteiger partial charge in [0.15, 0.2) is 0 Å². The van der Waals surface area contributed by atoms with E-state index < -0.39 is 0 Å². The Kier molecular flexibility index (Phi) is 4.83. The summed E-state index contributed by atoms with van der Waals surface area (Å²) >= 11 is 0. The average molecular weight is 239 g/mol. The highest BCUT2D eigenvalue weighted by Gasteiger charge is 2.25. The van der Waals surface area contributed by atoms with Crippen LogP contribution in [0.4, 0.5) is 0 Å². The number of rotatable bonds is 4. The molecule has 0 aliphatic carbocycles. The molecule has 0 aromatic rings. The Hall–Kier alpha value is -0.120. The highest BCUT2D eigenvalue weighted by molar-refractivity contribution is 4.81. The number of hydrogen-bond acceptors (Lipinski definition) is 3. The van der Waals surface area contributed by atoms with Gasteiger partial charge in [-0.05, 0) is 70.9 Å². The van der Waals surface area contributed by atoms with Crippen LogP contribution in [0.3, 0.4) is 0 Å². The van der Waals surface area contributed by atoms with Gasteiger partial charge in [-0.3, -0.25) is 0 Å². The van der Waals surface area contributed by atoms with Crippen molar-refractivity contribution in [2.45, 2.75) is 19.8 Å². The first-order chi connectivity index (χ1) is 8.15. The van der Waals surface area contributed by atoms with Crippen LogP contribution in [0.1, 0.15) is 19.8 Å². The zero-order valence-corrected chi connectivity index (χ0v) is 11.8. The van der Waals surface area contributed by atoms with Crippen molar-refractivity contribution in [1.82, 2.24) is 15.1 Å². The summed E-state index contributed by atoms with van der Waals surface area (Å²) in [6.45, 7) is 9.98. The summed E-state index contributed by atoms with van der Waals surface area (Å²) in [4.78, 5) is 5.03. The van der Waals surface area contributed by atoms with E-state index in [4.69, 9.17) is 0 Å². The zero-order valence-electron chi connectivity index (χ0n) is 11.8. The molecule has 2 atom stereocenters. The van der Waals surface area contributed by atoms with Crippen LogP contribution < -0.4 is 5.32 Å². The lowest BCUT2D eigenvalue weighted by molar-refractivity contribution is 0.162. The number of nitrogens with one attached hydrogen (secondary N) is 1. The zero-order chi connectivity index (χ0) is 12.3. The summed E-state index contributed by atoms with van der Waals surface area (Å²) in [6, 6.07) is 0. The van der Waals surface area contributed by atoms with Gasteiger partial charge in [-0.15, -0.1) is 0 Å². The maximum Gasteiger partial charge on any atom is 0.00219 e. The summed E-state index contributed by atoms with van der Waals surface area (Å²) in [5.74, 6) is 2.65. The maximum atomic E-state index is 3.50. The molecule has 1 N–H and O–H groups in total. The fraction of sp³-hybridized carbons (Fsp3) is 1.00. The van der Waals surface area contributed by atoms with Gasteiger partial charge < -0.3 is 15.1 Å². The smallest absolute Gasteiger partial charge is 0.00219 e. The van der Waals surface area contributed by atoms with Gasteiger partial charge in [0.1, 0.15) is 0 Å². The predicted molar refractivity (Wildman–Crippen MR) is 73.2 cm³/mol. The quantitative estimate of drug-likeness (QED) is 0.793. The molecule has 2 rings (SSSR count). The Balaban J connectivity index is 1.68. The van der Waals surface area contributed by atoms with Gasteiger partial charge in [0.05, 0.1) is 0 Å². The monoisotopic (exact) mass is 239 g/mol. The summed E-state index contributed by atoms with van der Waals surface area (Å²) < 4.78 is 0. The molecule has 17 heavy (non-hydrogen) atoms. The second-order valence-electron chi connectivity index (χ2n) is 6.36. The Morgan fingerprint density at radius 3 is 2.47 bits per heavy atom. The molecular formula is C14H29N3. The molecule has 0 radical (unpaired) electrons. The fourth-order valence-corrected chi connectivity index (χ4v) is 3.27. The third-order valence-electron chi connectivity index (χ3n) is 4.63. The van der Waals surface area contributed by atoms with E-state index in [-0.39, 0.29) is 0 Å². The standard InChI is InChI=1S/C14H29N3/c1-12-8-15-9-14(12)11-17(3)10-13-4-6-16(2)7-5-13/h12-15H,4-11H2,1-3H3/t12-,14+/m1/s1. The van der Waals surface area contributed by atoms with E-state index in [1.807, 2.05) is 0 Å². The minimum atomic E-state index is 0.856. The summed E-state index contributed by atoms with van der Waals surface area (Å²) in [7, 11) is 4.55. The molecule has 0 amide bonds. The molecule has 3 heteroatoms. The lowest BCUT2D eigenvalue weighted by atomic mass is 9.94. The molecule has 0 unspecified atom stereocenters. The molecule has 100 valence electrons. The van der Waals surface area contributed by atoms with Crippen LogP contribution in [0.2, 0.25) is 0 Å². The van der Waals surface area contributed by atoms with Crippen molar-refractivity contribution in [1.29, 1.82) is 0 Å². The summed E-state index contributed by atoms with van der Waals surface area (Å²) in [6.07, 6.45) is 2.78. The van der Waals surface area contributed by atoms with Crippen LogP contribution in [0.25, 0.3) is 0 Å². The molecule has 0 saturated carbocycles. The molecule has 0 aromatic carbocycles. The molecule has 2 aliphatic rings. The minimum absolute atomic E-state index is 0.856. The van der Waals surface area contributed by atoms with Crippen molar-refractivity contribution in [3.05, 3.63) is 0 Å². The average Bonchev–Trinajstić information content (AvgIpc) is 2.68. The van der Waals surface area contributed by atoms with E-state index in [0.29, 0.717) is 0 Å². The number of likely N-dealkylation sites (tertiary alicyclic amines) is 1. The molecule has 0 bridgehead atoms. The maximum absolute atomic E-state index is 3.50. The SMILES string of the molecule is C[C@@H]1CNC[C@H]1CN(C)CC1CCN(C)CC1. The van der Waals surface area contributed by atoms with E-state index in [0.717, 1.165) is 17.8 Å². The highest BCUT2D eigenvalue weighted by atomic mass is 15.1. The molecule has 2 heterocycles. The number of hydrogen-bond donors (Lipinski definition) is 1. The van der Waals surface area contributed by atoms with Gasteiger partial charge in [0.25, 0.3) is 0 Å². The van der Waals surface area contributed by atoms with Gasteiger partial charge in [-0.2, -0.15) is 0 Å². The first-order valence-electron chi connectivity index (χ1n) is 7.23. The van der Waals surface area contributed by atoms with Gasteiger partial charge in [-0.1, -0.05) is 6.92 Å². The molecule has 2 fully saturated rings. The number of nitrogens with zero attached hydrogens (tertiary/aromatic N) is 2. The van der Waals surface area contributed by atoms with E-state index in [9.17, 15) is 0 Å². The summed E-state index contributed by atoms with van der Waals surface area (Å²) in [5, 5.41) is 3.50. The molecular weight excluding hydrogens is 210 g/mol. The lowest BCUT2D eigenvalue weighted by Gasteiger charge is -2.32. The van der Waals surface area contributed by atoms with Gasteiger partial charge in [0.2, 0.25) is 0 Å². The summed E-state index contributed by atoms with van der Waals surface area (Å²) in [5.41, 5.74) is 0. The number of piperidine rings is 1. The Morgan fingerprint density at radius 2 is 1.88 bits per heavy atom. The molecule has 3 nitrogen and oxygen atoms in total. The highest BCUT2D eigenvalue weighted by Crippen LogP contribution is 2.20. The van der Waals surface area contributed by atoms with Crippen molar-refractivity contribution < 1.29 is 0 Å². The van der Waals surface area contributed by atoms with Gasteiger partial charge in [-0.25, -0.2) is 0 Å². The van der Waals surface area contributed by atoms with Crippen LogP contribution >= 0.6 is 0 Å². The van der Waals surface area contributed by atoms with Gasteiger partial charge in [0, 0.05) is 13.1 Å². The van der Waals surface area contributed by atoms with E-state index in [1.54, 1.807) is 0 Å². The molecule has 0 spiro atoms. The van der Waals surface area contributed by atoms with Crippen molar-refractivity contribution in [3.8, 4) is 0 Å². The Morgan fingerprint density at radius 1 is 1.18 bits per heavy atom.